The van der Waals surface area contributed by atoms with Crippen LogP contribution < -0.4 is 9.47 Å². The molecule has 0 N–H and O–H groups in total. The molecule has 6 nitrogen and oxygen atoms in total. The third kappa shape index (κ3) is 4.97. The zero-order chi connectivity index (χ0) is 19.9. The van der Waals surface area contributed by atoms with E-state index in [1.165, 1.54) is 18.4 Å². The van der Waals surface area contributed by atoms with Crippen LogP contribution in [0.5, 0.6) is 11.5 Å². The summed E-state index contributed by atoms with van der Waals surface area (Å²) in [5.41, 5.74) is 1.21. The topological polar surface area (TPSA) is 45.3 Å². The Morgan fingerprint density at radius 1 is 1.04 bits per heavy atom. The first-order valence-corrected chi connectivity index (χ1v) is 10.6. The van der Waals surface area contributed by atoms with Crippen LogP contribution in [-0.4, -0.2) is 80.1 Å². The Balaban J connectivity index is 1.53. The Hall–Kier alpha value is -1.79. The van der Waals surface area contributed by atoms with E-state index < -0.39 is 0 Å². The summed E-state index contributed by atoms with van der Waals surface area (Å²) in [6.45, 7) is 8.66. The van der Waals surface area contributed by atoms with Crippen molar-refractivity contribution in [2.24, 2.45) is 0 Å². The molecule has 28 heavy (non-hydrogen) atoms. The number of hydrogen-bond acceptors (Lipinski definition) is 5. The second-order valence-electron chi connectivity index (χ2n) is 7.84. The number of amides is 1. The van der Waals surface area contributed by atoms with Gasteiger partial charge in [0.05, 0.1) is 20.3 Å². The minimum absolute atomic E-state index is 0.103. The van der Waals surface area contributed by atoms with Crippen LogP contribution in [0.25, 0.3) is 0 Å². The van der Waals surface area contributed by atoms with Gasteiger partial charge < -0.3 is 14.4 Å². The molecule has 0 aliphatic carbocycles. The van der Waals surface area contributed by atoms with Gasteiger partial charge in [-0.25, -0.2) is 0 Å². The molecule has 2 fully saturated rings. The Bertz CT molecular complexity index is 642. The largest absolute Gasteiger partial charge is 0.493 e. The van der Waals surface area contributed by atoms with Gasteiger partial charge in [-0.15, -0.1) is 0 Å². The van der Waals surface area contributed by atoms with E-state index in [1.54, 1.807) is 14.2 Å². The maximum Gasteiger partial charge on any atom is 0.240 e. The van der Waals surface area contributed by atoms with Gasteiger partial charge in [0.2, 0.25) is 5.91 Å². The lowest BCUT2D eigenvalue weighted by Gasteiger charge is -2.40. The molecule has 2 aliphatic heterocycles. The first-order chi connectivity index (χ1) is 13.7. The van der Waals surface area contributed by atoms with Gasteiger partial charge in [-0.2, -0.15) is 0 Å². The average molecular weight is 390 g/mol. The number of rotatable bonds is 7. The number of piperidine rings is 1. The molecule has 1 aromatic carbocycles. The number of piperazine rings is 1. The maximum atomic E-state index is 13.1. The minimum Gasteiger partial charge on any atom is -0.493 e. The molecule has 0 bridgehead atoms. The Morgan fingerprint density at radius 2 is 1.79 bits per heavy atom. The molecule has 2 saturated heterocycles. The van der Waals surface area contributed by atoms with Crippen LogP contribution in [-0.2, 0) is 11.3 Å². The molecule has 156 valence electrons. The fourth-order valence-corrected chi connectivity index (χ4v) is 4.40. The van der Waals surface area contributed by atoms with E-state index in [4.69, 9.17) is 9.47 Å². The lowest BCUT2D eigenvalue weighted by Crippen LogP contribution is -2.56. The normalized spacial score (nSPS) is 21.5. The summed E-state index contributed by atoms with van der Waals surface area (Å²) >= 11 is 0. The van der Waals surface area contributed by atoms with Gasteiger partial charge in [0.25, 0.3) is 0 Å². The summed E-state index contributed by atoms with van der Waals surface area (Å²) in [5.74, 6) is 1.87. The molecular weight excluding hydrogens is 354 g/mol. The van der Waals surface area contributed by atoms with Gasteiger partial charge >= 0.3 is 0 Å². The number of methoxy groups -OCH3 is 2. The molecule has 0 spiro atoms. The molecule has 2 heterocycles. The fourth-order valence-electron chi connectivity index (χ4n) is 4.40. The Morgan fingerprint density at radius 3 is 2.46 bits per heavy atom. The zero-order valence-electron chi connectivity index (χ0n) is 17.7. The third-order valence-corrected chi connectivity index (χ3v) is 5.95. The molecule has 3 rings (SSSR count). The van der Waals surface area contributed by atoms with Crippen molar-refractivity contribution in [3.63, 3.8) is 0 Å². The predicted molar refractivity (Wildman–Crippen MR) is 111 cm³/mol. The van der Waals surface area contributed by atoms with E-state index in [0.717, 1.165) is 70.2 Å². The van der Waals surface area contributed by atoms with E-state index in [0.29, 0.717) is 5.91 Å². The first-order valence-electron chi connectivity index (χ1n) is 10.6. The second kappa shape index (κ2) is 10.1. The second-order valence-corrected chi connectivity index (χ2v) is 7.84. The number of nitrogens with zero attached hydrogens (tertiary/aromatic N) is 3. The third-order valence-electron chi connectivity index (χ3n) is 5.95. The standard InChI is InChI=1S/C22H35N3O3/c1-4-10-24-11-6-5-7-19(24)22(26)25-14-12-23(13-15-25)17-18-8-9-20(27-2)21(16-18)28-3/h8-9,16,19H,4-7,10-15,17H2,1-3H3. The molecule has 1 aromatic rings. The summed E-state index contributed by atoms with van der Waals surface area (Å²) in [6.07, 6.45) is 4.53. The molecule has 1 unspecified atom stereocenters. The van der Waals surface area contributed by atoms with Crippen LogP contribution in [0.1, 0.15) is 38.2 Å². The minimum atomic E-state index is 0.103. The van der Waals surface area contributed by atoms with Crippen LogP contribution in [0, 0.1) is 0 Å². The molecule has 0 aromatic heterocycles. The molecule has 1 amide bonds. The van der Waals surface area contributed by atoms with Crippen LogP contribution >= 0.6 is 0 Å². The van der Waals surface area contributed by atoms with Crippen molar-refractivity contribution < 1.29 is 14.3 Å². The summed E-state index contributed by atoms with van der Waals surface area (Å²) < 4.78 is 10.7. The number of carbonyl (C=O) groups is 1. The highest BCUT2D eigenvalue weighted by Crippen LogP contribution is 2.28. The number of ether oxygens (including phenoxy) is 2. The maximum absolute atomic E-state index is 13.1. The van der Waals surface area contributed by atoms with Crippen molar-refractivity contribution in [1.29, 1.82) is 0 Å². The highest BCUT2D eigenvalue weighted by Gasteiger charge is 2.32. The van der Waals surface area contributed by atoms with Gasteiger partial charge in [0.15, 0.2) is 11.5 Å². The molecule has 2 aliphatic rings. The highest BCUT2D eigenvalue weighted by molar-refractivity contribution is 5.82. The van der Waals surface area contributed by atoms with Crippen molar-refractivity contribution in [2.45, 2.75) is 45.2 Å². The van der Waals surface area contributed by atoms with E-state index in [2.05, 4.69) is 27.7 Å². The Labute approximate surface area is 169 Å². The van der Waals surface area contributed by atoms with E-state index in [9.17, 15) is 4.79 Å². The predicted octanol–water partition coefficient (Wildman–Crippen LogP) is 2.61. The Kier molecular flexibility index (Phi) is 7.57. The quantitative estimate of drug-likeness (QED) is 0.717. The van der Waals surface area contributed by atoms with E-state index in [1.807, 2.05) is 12.1 Å². The lowest BCUT2D eigenvalue weighted by molar-refractivity contribution is -0.140. The number of carbonyl (C=O) groups excluding carboxylic acids is 1. The average Bonchev–Trinajstić information content (AvgIpc) is 2.74. The van der Waals surface area contributed by atoms with Crippen molar-refractivity contribution in [2.75, 3.05) is 53.5 Å². The van der Waals surface area contributed by atoms with Gasteiger partial charge in [-0.3, -0.25) is 14.6 Å². The number of likely N-dealkylation sites (tertiary alicyclic amines) is 1. The summed E-state index contributed by atoms with van der Waals surface area (Å²) in [4.78, 5) is 20.0. The summed E-state index contributed by atoms with van der Waals surface area (Å²) in [6, 6.07) is 6.19. The first kappa shape index (κ1) is 20.9. The lowest BCUT2D eigenvalue weighted by atomic mass is 10.00. The molecule has 0 saturated carbocycles. The molecule has 6 heteroatoms. The molecule has 1 atom stereocenters. The molecular formula is C22H35N3O3. The zero-order valence-corrected chi connectivity index (χ0v) is 17.7. The SMILES string of the molecule is CCCN1CCCCC1C(=O)N1CCN(Cc2ccc(OC)c(OC)c2)CC1. The van der Waals surface area contributed by atoms with Gasteiger partial charge in [0.1, 0.15) is 0 Å². The number of benzene rings is 1. The monoisotopic (exact) mass is 389 g/mol. The van der Waals surface area contributed by atoms with E-state index >= 15 is 0 Å². The van der Waals surface area contributed by atoms with Gasteiger partial charge in [-0.05, 0) is 50.0 Å². The van der Waals surface area contributed by atoms with Crippen molar-refractivity contribution >= 4 is 5.91 Å². The fraction of sp³-hybridized carbons (Fsp3) is 0.682. The molecule has 0 radical (unpaired) electrons. The number of hydrogen-bond donors (Lipinski definition) is 0. The van der Waals surface area contributed by atoms with Crippen LogP contribution in [0.2, 0.25) is 0 Å². The van der Waals surface area contributed by atoms with Crippen LogP contribution in [0.3, 0.4) is 0 Å². The highest BCUT2D eigenvalue weighted by atomic mass is 16.5. The van der Waals surface area contributed by atoms with Crippen LogP contribution in [0.4, 0.5) is 0 Å². The van der Waals surface area contributed by atoms with E-state index in [-0.39, 0.29) is 6.04 Å². The van der Waals surface area contributed by atoms with Crippen molar-refractivity contribution in [3.8, 4) is 11.5 Å². The summed E-state index contributed by atoms with van der Waals surface area (Å²) in [5, 5.41) is 0. The van der Waals surface area contributed by atoms with Crippen molar-refractivity contribution in [3.05, 3.63) is 23.8 Å². The van der Waals surface area contributed by atoms with Gasteiger partial charge in [0, 0.05) is 32.7 Å². The van der Waals surface area contributed by atoms with Crippen LogP contribution in [0.15, 0.2) is 18.2 Å². The summed E-state index contributed by atoms with van der Waals surface area (Å²) in [7, 11) is 3.32. The van der Waals surface area contributed by atoms with Gasteiger partial charge in [-0.1, -0.05) is 19.4 Å². The van der Waals surface area contributed by atoms with Crippen molar-refractivity contribution in [1.82, 2.24) is 14.7 Å². The smallest absolute Gasteiger partial charge is 0.240 e.